The molecule has 0 atom stereocenters. The van der Waals surface area contributed by atoms with Crippen LogP contribution in [0.3, 0.4) is 0 Å². The Labute approximate surface area is 152 Å². The van der Waals surface area contributed by atoms with Gasteiger partial charge in [-0.2, -0.15) is 0 Å². The van der Waals surface area contributed by atoms with Crippen molar-refractivity contribution < 1.29 is 23.8 Å². The van der Waals surface area contributed by atoms with Crippen LogP contribution in [0.15, 0.2) is 48.5 Å². The van der Waals surface area contributed by atoms with Crippen LogP contribution in [0, 0.1) is 5.82 Å². The average molecular weight is 359 g/mol. The number of nitrogens with zero attached hydrogens (tertiary/aromatic N) is 1. The molecule has 0 fully saturated rings. The Morgan fingerprint density at radius 3 is 2.38 bits per heavy atom. The van der Waals surface area contributed by atoms with Crippen molar-refractivity contribution in [3.63, 3.8) is 0 Å². The molecule has 138 valence electrons. The Balaban J connectivity index is 2.16. The number of hydrogen-bond donors (Lipinski definition) is 1. The van der Waals surface area contributed by atoms with E-state index in [0.29, 0.717) is 16.9 Å². The SMILES string of the molecule is CC(C)Oc1ccccc1CC(=O)N(CC(=O)O)Cc1ccc(F)cc1. The maximum Gasteiger partial charge on any atom is 0.323 e. The summed E-state index contributed by atoms with van der Waals surface area (Å²) >= 11 is 0. The molecule has 0 bridgehead atoms. The summed E-state index contributed by atoms with van der Waals surface area (Å²) in [4.78, 5) is 25.1. The predicted molar refractivity (Wildman–Crippen MR) is 95.4 cm³/mol. The number of para-hydroxylation sites is 1. The summed E-state index contributed by atoms with van der Waals surface area (Å²) < 4.78 is 18.8. The summed E-state index contributed by atoms with van der Waals surface area (Å²) in [5, 5.41) is 9.12. The van der Waals surface area contributed by atoms with Crippen LogP contribution < -0.4 is 4.74 Å². The summed E-state index contributed by atoms with van der Waals surface area (Å²) in [5.41, 5.74) is 1.36. The van der Waals surface area contributed by atoms with Crippen LogP contribution in [-0.4, -0.2) is 34.5 Å². The molecule has 0 saturated heterocycles. The molecule has 0 heterocycles. The van der Waals surface area contributed by atoms with E-state index in [1.807, 2.05) is 19.9 Å². The van der Waals surface area contributed by atoms with Gasteiger partial charge in [0.2, 0.25) is 5.91 Å². The van der Waals surface area contributed by atoms with Crippen molar-refractivity contribution in [1.82, 2.24) is 4.90 Å². The number of rotatable bonds is 8. The lowest BCUT2D eigenvalue weighted by molar-refractivity contribution is -0.144. The number of carboxylic acids is 1. The van der Waals surface area contributed by atoms with Crippen LogP contribution in [0.4, 0.5) is 4.39 Å². The highest BCUT2D eigenvalue weighted by atomic mass is 19.1. The van der Waals surface area contributed by atoms with Crippen LogP contribution in [0.1, 0.15) is 25.0 Å². The van der Waals surface area contributed by atoms with Crippen LogP contribution in [0.5, 0.6) is 5.75 Å². The summed E-state index contributed by atoms with van der Waals surface area (Å²) in [6.45, 7) is 3.45. The molecule has 0 unspecified atom stereocenters. The normalized spacial score (nSPS) is 10.6. The number of carbonyl (C=O) groups excluding carboxylic acids is 1. The highest BCUT2D eigenvalue weighted by molar-refractivity contribution is 5.83. The van der Waals surface area contributed by atoms with Gasteiger partial charge in [-0.25, -0.2) is 4.39 Å². The summed E-state index contributed by atoms with van der Waals surface area (Å²) in [6, 6.07) is 12.8. The lowest BCUT2D eigenvalue weighted by atomic mass is 10.1. The van der Waals surface area contributed by atoms with E-state index < -0.39 is 12.5 Å². The minimum atomic E-state index is -1.10. The van der Waals surface area contributed by atoms with Gasteiger partial charge in [0.1, 0.15) is 18.1 Å². The van der Waals surface area contributed by atoms with Gasteiger partial charge < -0.3 is 14.7 Å². The minimum absolute atomic E-state index is 0.0252. The lowest BCUT2D eigenvalue weighted by Crippen LogP contribution is -2.36. The number of benzene rings is 2. The Morgan fingerprint density at radius 1 is 1.12 bits per heavy atom. The number of hydrogen-bond acceptors (Lipinski definition) is 3. The van der Waals surface area contributed by atoms with E-state index >= 15 is 0 Å². The molecule has 0 radical (unpaired) electrons. The molecule has 6 heteroatoms. The third-order valence-corrected chi connectivity index (χ3v) is 3.64. The molecule has 0 aliphatic heterocycles. The van der Waals surface area contributed by atoms with Crippen molar-refractivity contribution >= 4 is 11.9 Å². The second kappa shape index (κ2) is 8.99. The highest BCUT2D eigenvalue weighted by Crippen LogP contribution is 2.21. The molecule has 0 saturated carbocycles. The first kappa shape index (κ1) is 19.4. The summed E-state index contributed by atoms with van der Waals surface area (Å²) in [6.07, 6.45) is -0.0160. The quantitative estimate of drug-likeness (QED) is 0.786. The Hall–Kier alpha value is -2.89. The van der Waals surface area contributed by atoms with E-state index in [4.69, 9.17) is 9.84 Å². The molecule has 2 rings (SSSR count). The zero-order valence-corrected chi connectivity index (χ0v) is 14.8. The second-order valence-electron chi connectivity index (χ2n) is 6.22. The van der Waals surface area contributed by atoms with Gasteiger partial charge in [-0.3, -0.25) is 9.59 Å². The summed E-state index contributed by atoms with van der Waals surface area (Å²) in [7, 11) is 0. The minimum Gasteiger partial charge on any atom is -0.491 e. The number of carbonyl (C=O) groups is 2. The fourth-order valence-corrected chi connectivity index (χ4v) is 2.50. The smallest absolute Gasteiger partial charge is 0.323 e. The van der Waals surface area contributed by atoms with Crippen molar-refractivity contribution in [2.75, 3.05) is 6.54 Å². The molecule has 0 spiro atoms. The van der Waals surface area contributed by atoms with Gasteiger partial charge in [0, 0.05) is 12.1 Å². The van der Waals surface area contributed by atoms with Crippen molar-refractivity contribution in [3.8, 4) is 5.75 Å². The van der Waals surface area contributed by atoms with Crippen molar-refractivity contribution in [2.24, 2.45) is 0 Å². The van der Waals surface area contributed by atoms with E-state index in [2.05, 4.69) is 0 Å². The number of amides is 1. The molecular formula is C20H22FNO4. The van der Waals surface area contributed by atoms with Gasteiger partial charge in [0.05, 0.1) is 12.5 Å². The van der Waals surface area contributed by atoms with E-state index in [-0.39, 0.29) is 30.8 Å². The number of halogens is 1. The van der Waals surface area contributed by atoms with Crippen molar-refractivity contribution in [2.45, 2.75) is 32.9 Å². The monoisotopic (exact) mass is 359 g/mol. The first-order valence-electron chi connectivity index (χ1n) is 8.33. The molecule has 0 aliphatic rings. The predicted octanol–water partition coefficient (Wildman–Crippen LogP) is 3.27. The van der Waals surface area contributed by atoms with E-state index in [1.54, 1.807) is 18.2 Å². The molecule has 0 aromatic heterocycles. The fourth-order valence-electron chi connectivity index (χ4n) is 2.50. The number of aliphatic carboxylic acids is 1. The average Bonchev–Trinajstić information content (AvgIpc) is 2.57. The molecule has 2 aromatic carbocycles. The van der Waals surface area contributed by atoms with E-state index in [1.165, 1.54) is 29.2 Å². The standard InChI is InChI=1S/C20H22FNO4/c1-14(2)26-18-6-4-3-5-16(18)11-19(23)22(13-20(24)25)12-15-7-9-17(21)10-8-15/h3-10,14H,11-13H2,1-2H3,(H,24,25). The molecular weight excluding hydrogens is 337 g/mol. The molecule has 2 aromatic rings. The topological polar surface area (TPSA) is 66.8 Å². The molecule has 26 heavy (non-hydrogen) atoms. The number of carboxylic acid groups (broad SMARTS) is 1. The van der Waals surface area contributed by atoms with Crippen LogP contribution in [0.25, 0.3) is 0 Å². The zero-order valence-electron chi connectivity index (χ0n) is 14.8. The second-order valence-corrected chi connectivity index (χ2v) is 6.22. The fraction of sp³-hybridized carbons (Fsp3) is 0.300. The number of ether oxygens (including phenoxy) is 1. The first-order valence-corrected chi connectivity index (χ1v) is 8.33. The Kier molecular flexibility index (Phi) is 6.72. The highest BCUT2D eigenvalue weighted by Gasteiger charge is 2.19. The largest absolute Gasteiger partial charge is 0.491 e. The molecule has 1 amide bonds. The van der Waals surface area contributed by atoms with Crippen LogP contribution >= 0.6 is 0 Å². The van der Waals surface area contributed by atoms with E-state index in [9.17, 15) is 14.0 Å². The van der Waals surface area contributed by atoms with Crippen molar-refractivity contribution in [1.29, 1.82) is 0 Å². The molecule has 1 N–H and O–H groups in total. The molecule has 5 nitrogen and oxygen atoms in total. The maximum absolute atomic E-state index is 13.0. The zero-order chi connectivity index (χ0) is 19.1. The lowest BCUT2D eigenvalue weighted by Gasteiger charge is -2.22. The van der Waals surface area contributed by atoms with Gasteiger partial charge in [-0.05, 0) is 37.6 Å². The van der Waals surface area contributed by atoms with E-state index in [0.717, 1.165) is 0 Å². The van der Waals surface area contributed by atoms with Crippen LogP contribution in [-0.2, 0) is 22.6 Å². The summed E-state index contributed by atoms with van der Waals surface area (Å²) in [5.74, 6) is -1.22. The third-order valence-electron chi connectivity index (χ3n) is 3.64. The van der Waals surface area contributed by atoms with Gasteiger partial charge in [0.25, 0.3) is 0 Å². The van der Waals surface area contributed by atoms with Crippen molar-refractivity contribution in [3.05, 3.63) is 65.5 Å². The van der Waals surface area contributed by atoms with Crippen LogP contribution in [0.2, 0.25) is 0 Å². The first-order chi connectivity index (χ1) is 12.3. The Morgan fingerprint density at radius 2 is 1.77 bits per heavy atom. The van der Waals surface area contributed by atoms with Gasteiger partial charge in [-0.15, -0.1) is 0 Å². The van der Waals surface area contributed by atoms with Gasteiger partial charge in [0.15, 0.2) is 0 Å². The van der Waals surface area contributed by atoms with Gasteiger partial charge >= 0.3 is 5.97 Å². The Bertz CT molecular complexity index is 759. The van der Waals surface area contributed by atoms with Gasteiger partial charge in [-0.1, -0.05) is 30.3 Å². The third kappa shape index (κ3) is 5.88. The molecule has 0 aliphatic carbocycles. The maximum atomic E-state index is 13.0.